The topological polar surface area (TPSA) is 67.3 Å². The number of hydrogen-bond donors (Lipinski definition) is 1. The molecule has 0 amide bonds. The Hall–Kier alpha value is -2.03. The lowest BCUT2D eigenvalue weighted by Crippen LogP contribution is -2.39. The molecule has 1 fully saturated rings. The molecule has 1 N–H and O–H groups in total. The van der Waals surface area contributed by atoms with Crippen LogP contribution in [0.25, 0.3) is 6.08 Å². The third-order valence-electron chi connectivity index (χ3n) is 8.24. The van der Waals surface area contributed by atoms with Crippen LogP contribution < -0.4 is 0 Å². The van der Waals surface area contributed by atoms with E-state index in [0.29, 0.717) is 31.1 Å². The highest BCUT2D eigenvalue weighted by atomic mass is 32.1. The summed E-state index contributed by atoms with van der Waals surface area (Å²) in [7, 11) is 0. The molecule has 3 rings (SSSR count). The number of hydrogen-bond acceptors (Lipinski definition) is 5. The van der Waals surface area contributed by atoms with Crippen molar-refractivity contribution < 1.29 is 14.7 Å². The maximum absolute atomic E-state index is 13.2. The van der Waals surface area contributed by atoms with Gasteiger partial charge in [-0.2, -0.15) is 0 Å². The average Bonchev–Trinajstić information content (AvgIpc) is 3.55. The zero-order chi connectivity index (χ0) is 29.2. The normalized spacial score (nSPS) is 31.9. The van der Waals surface area contributed by atoms with Crippen LogP contribution in [0, 0.1) is 54.8 Å². The van der Waals surface area contributed by atoms with E-state index in [1.54, 1.807) is 11.3 Å². The highest BCUT2D eigenvalue weighted by molar-refractivity contribution is 7.09. The Labute approximate surface area is 236 Å². The number of thiazole rings is 1. The van der Waals surface area contributed by atoms with Crippen molar-refractivity contribution in [2.75, 3.05) is 0 Å². The highest BCUT2D eigenvalue weighted by Gasteiger charge is 2.42. The molecular weight excluding hydrogens is 490 g/mol. The van der Waals surface area contributed by atoms with E-state index < -0.39 is 17.4 Å². The Morgan fingerprint density at radius 1 is 1.16 bits per heavy atom. The number of Topliss-reactive ketones (excluding diaryl/α,β-unsaturated/α-hetero) is 2. The largest absolute Gasteiger partial charge is 0.392 e. The van der Waals surface area contributed by atoms with E-state index in [0.717, 1.165) is 30.0 Å². The number of aromatic nitrogens is 1. The predicted octanol–water partition coefficient (Wildman–Crippen LogP) is 8.09. The Bertz CT molecular complexity index is 999. The first-order chi connectivity index (χ1) is 17.9. The van der Waals surface area contributed by atoms with Crippen molar-refractivity contribution in [1.29, 1.82) is 0 Å². The Balaban J connectivity index is 0.00000172. The van der Waals surface area contributed by atoms with E-state index in [4.69, 9.17) is 0 Å². The van der Waals surface area contributed by atoms with Gasteiger partial charge in [0.1, 0.15) is 11.6 Å². The molecule has 5 heteroatoms. The maximum Gasteiger partial charge on any atom is 0.143 e. The van der Waals surface area contributed by atoms with Crippen molar-refractivity contribution >= 4 is 29.0 Å². The second kappa shape index (κ2) is 15.5. The van der Waals surface area contributed by atoms with Crippen molar-refractivity contribution in [2.45, 2.75) is 107 Å². The zero-order valence-electron chi connectivity index (χ0n) is 25.2. The number of nitrogens with zero attached hydrogens (tertiary/aromatic N) is 1. The fourth-order valence-electron chi connectivity index (χ4n) is 5.61. The molecule has 2 aliphatic carbocycles. The second-order valence-electron chi connectivity index (χ2n) is 11.6. The molecule has 212 valence electrons. The van der Waals surface area contributed by atoms with E-state index in [9.17, 15) is 14.7 Å². The van der Waals surface area contributed by atoms with Gasteiger partial charge in [-0.15, -0.1) is 24.2 Å². The SMILES string of the molecule is C#C.C/C1=C/CC(/C(C)=C/c2csc(C)n2)CC(=O)CCC(C)(C)C(=O)[C@H](C)[C@@H](O)C(C)CC2CC12.CC. The summed E-state index contributed by atoms with van der Waals surface area (Å²) in [6.07, 6.45) is 16.2. The van der Waals surface area contributed by atoms with Crippen molar-refractivity contribution in [1.82, 2.24) is 4.98 Å². The first-order valence-corrected chi connectivity index (χ1v) is 15.1. The van der Waals surface area contributed by atoms with E-state index in [2.05, 4.69) is 56.1 Å². The molecule has 0 aliphatic heterocycles. The lowest BCUT2D eigenvalue weighted by molar-refractivity contribution is -0.136. The molecule has 4 unspecified atom stereocenters. The number of ketones is 2. The lowest BCUT2D eigenvalue weighted by Gasteiger charge is -2.31. The molecule has 1 heterocycles. The van der Waals surface area contributed by atoms with Crippen LogP contribution in [0.1, 0.15) is 105 Å². The second-order valence-corrected chi connectivity index (χ2v) is 12.7. The van der Waals surface area contributed by atoms with Crippen LogP contribution in [0.15, 0.2) is 22.6 Å². The van der Waals surface area contributed by atoms with E-state index in [1.165, 1.54) is 11.1 Å². The number of fused-ring (bicyclic) bond motifs is 1. The van der Waals surface area contributed by atoms with Crippen molar-refractivity contribution in [3.63, 3.8) is 0 Å². The third kappa shape index (κ3) is 9.62. The molecule has 4 nitrogen and oxygen atoms in total. The number of carbonyl (C=O) groups excluding carboxylic acids is 2. The van der Waals surface area contributed by atoms with Gasteiger partial charge in [-0.1, -0.05) is 58.8 Å². The molecule has 2 aliphatic rings. The van der Waals surface area contributed by atoms with E-state index >= 15 is 0 Å². The number of allylic oxidation sites excluding steroid dienone is 3. The van der Waals surface area contributed by atoms with Crippen LogP contribution in [0.2, 0.25) is 0 Å². The average molecular weight is 542 g/mol. The number of aliphatic hydroxyl groups is 1. The van der Waals surface area contributed by atoms with Crippen LogP contribution in [-0.2, 0) is 9.59 Å². The first-order valence-electron chi connectivity index (χ1n) is 14.2. The van der Waals surface area contributed by atoms with Crippen LogP contribution in [0.4, 0.5) is 0 Å². The van der Waals surface area contributed by atoms with Gasteiger partial charge in [0.15, 0.2) is 0 Å². The summed E-state index contributed by atoms with van der Waals surface area (Å²) in [6.45, 7) is 18.1. The number of aliphatic hydroxyl groups excluding tert-OH is 1. The number of rotatable bonds is 2. The quantitative estimate of drug-likeness (QED) is 0.303. The van der Waals surface area contributed by atoms with Gasteiger partial charge in [-0.25, -0.2) is 4.98 Å². The van der Waals surface area contributed by atoms with E-state index in [-0.39, 0.29) is 23.4 Å². The van der Waals surface area contributed by atoms with Gasteiger partial charge in [0.25, 0.3) is 0 Å². The summed E-state index contributed by atoms with van der Waals surface area (Å²) in [4.78, 5) is 30.9. The lowest BCUT2D eigenvalue weighted by atomic mass is 9.73. The fraction of sp³-hybridized carbons (Fsp3) is 0.667. The molecular formula is C33H51NO3S. The highest BCUT2D eigenvalue weighted by Crippen LogP contribution is 2.49. The minimum absolute atomic E-state index is 0.0710. The maximum atomic E-state index is 13.2. The number of aryl methyl sites for hydroxylation is 1. The summed E-state index contributed by atoms with van der Waals surface area (Å²) >= 11 is 1.64. The molecule has 1 aromatic rings. The minimum Gasteiger partial charge on any atom is -0.392 e. The van der Waals surface area contributed by atoms with Gasteiger partial charge < -0.3 is 5.11 Å². The van der Waals surface area contributed by atoms with Crippen molar-refractivity contribution in [3.8, 4) is 12.8 Å². The molecule has 1 saturated carbocycles. The molecule has 0 spiro atoms. The van der Waals surface area contributed by atoms with Gasteiger partial charge >= 0.3 is 0 Å². The number of terminal acetylenes is 1. The Morgan fingerprint density at radius 2 is 1.79 bits per heavy atom. The summed E-state index contributed by atoms with van der Waals surface area (Å²) in [5.41, 5.74) is 2.94. The van der Waals surface area contributed by atoms with Crippen LogP contribution in [0.3, 0.4) is 0 Å². The van der Waals surface area contributed by atoms with Gasteiger partial charge in [0.05, 0.1) is 16.8 Å². The van der Waals surface area contributed by atoms with Crippen LogP contribution in [0.5, 0.6) is 0 Å². The van der Waals surface area contributed by atoms with Crippen LogP contribution in [-0.4, -0.2) is 27.8 Å². The minimum atomic E-state index is -0.632. The third-order valence-corrected chi connectivity index (χ3v) is 9.03. The molecule has 1 aromatic heterocycles. The van der Waals surface area contributed by atoms with Gasteiger partial charge in [-0.3, -0.25) is 9.59 Å². The van der Waals surface area contributed by atoms with Crippen molar-refractivity contribution in [2.24, 2.45) is 35.0 Å². The molecule has 0 radical (unpaired) electrons. The molecule has 0 aromatic carbocycles. The van der Waals surface area contributed by atoms with E-state index in [1.807, 2.05) is 41.5 Å². The Morgan fingerprint density at radius 3 is 2.37 bits per heavy atom. The van der Waals surface area contributed by atoms with Crippen molar-refractivity contribution in [3.05, 3.63) is 33.3 Å². The van der Waals surface area contributed by atoms with Gasteiger partial charge in [0, 0.05) is 29.6 Å². The fourth-order valence-corrected chi connectivity index (χ4v) is 6.18. The summed E-state index contributed by atoms with van der Waals surface area (Å²) in [5.74, 6) is 1.24. The molecule has 0 bridgehead atoms. The molecule has 0 saturated heterocycles. The number of carbonyl (C=O) groups is 2. The summed E-state index contributed by atoms with van der Waals surface area (Å²) < 4.78 is 0. The van der Waals surface area contributed by atoms with Crippen LogP contribution >= 0.6 is 11.3 Å². The predicted molar refractivity (Wildman–Crippen MR) is 162 cm³/mol. The van der Waals surface area contributed by atoms with Gasteiger partial charge in [-0.05, 0) is 76.2 Å². The summed E-state index contributed by atoms with van der Waals surface area (Å²) in [5, 5.41) is 14.0. The first kappa shape index (κ1) is 34.0. The monoisotopic (exact) mass is 541 g/mol. The molecule has 38 heavy (non-hydrogen) atoms. The summed E-state index contributed by atoms with van der Waals surface area (Å²) in [6, 6.07) is 0. The molecule has 6 atom stereocenters. The Kier molecular flexibility index (Phi) is 13.9. The zero-order valence-corrected chi connectivity index (χ0v) is 26.0. The smallest absolute Gasteiger partial charge is 0.143 e. The van der Waals surface area contributed by atoms with Gasteiger partial charge in [0.2, 0.25) is 0 Å². The standard InChI is InChI=1S/C29H43NO3S.C2H6.C2H2/c1-17-8-9-22(18(2)13-24-16-34-21(5)30-24)14-25(31)10-11-29(6,7)28(33)20(4)27(32)19(3)12-23-15-26(17)23;2*1-2/h8,13,16,19-20,22-23,26-27,32H,9-12,14-15H2,1-7H3;1-2H3;1-2H/b17-8-,18-13+;;/t19?,20-,22?,23?,26?,27+;;/m1../s1.